The van der Waals surface area contributed by atoms with Gasteiger partial charge in [-0.05, 0) is 18.2 Å². The van der Waals surface area contributed by atoms with Gasteiger partial charge in [0.15, 0.2) is 5.76 Å². The van der Waals surface area contributed by atoms with Crippen molar-refractivity contribution in [1.82, 2.24) is 19.8 Å². The van der Waals surface area contributed by atoms with E-state index in [1.807, 2.05) is 0 Å². The van der Waals surface area contributed by atoms with Gasteiger partial charge in [-0.25, -0.2) is 9.18 Å². The molecule has 166 valence electrons. The zero-order valence-electron chi connectivity index (χ0n) is 16.7. The quantitative estimate of drug-likeness (QED) is 0.443. The van der Waals surface area contributed by atoms with Crippen LogP contribution in [0, 0.1) is 5.82 Å². The molecule has 0 atom stereocenters. The Morgan fingerprint density at radius 3 is 2.84 bits per heavy atom. The van der Waals surface area contributed by atoms with Crippen molar-refractivity contribution in [2.45, 2.75) is 32.1 Å². The maximum Gasteiger partial charge on any atom is 0.419 e. The molecule has 2 aliphatic rings. The standard InChI is InChI=1S/C21H17F4N5O2/c1-11-6-12-8-26-32-19(12)18-14-10-29(5-4-17(14)28-30(18)9-11)20(31)27-13-2-3-16(22)15(7-13)21(23,24)25/h2-3,7-8H,1,4-6,9-10H2,(H,27,31). The third kappa shape index (κ3) is 3.43. The van der Waals surface area contributed by atoms with Gasteiger partial charge in [-0.3, -0.25) is 4.68 Å². The predicted molar refractivity (Wildman–Crippen MR) is 105 cm³/mol. The van der Waals surface area contributed by atoms with E-state index in [2.05, 4.69) is 22.2 Å². The molecule has 0 unspecified atom stereocenters. The highest BCUT2D eigenvalue weighted by atomic mass is 19.4. The number of nitrogens with one attached hydrogen (secondary N) is 1. The summed E-state index contributed by atoms with van der Waals surface area (Å²) in [6.07, 6.45) is -2.15. The summed E-state index contributed by atoms with van der Waals surface area (Å²) in [5.41, 5.74) is 2.60. The van der Waals surface area contributed by atoms with Gasteiger partial charge in [0, 0.05) is 36.2 Å². The summed E-state index contributed by atoms with van der Waals surface area (Å²) in [6.45, 7) is 5.09. The molecule has 0 aliphatic carbocycles. The van der Waals surface area contributed by atoms with Gasteiger partial charge in [-0.15, -0.1) is 0 Å². The normalized spacial score (nSPS) is 15.6. The fourth-order valence-corrected chi connectivity index (χ4v) is 4.11. The number of aromatic nitrogens is 3. The number of allylic oxidation sites excluding steroid dienone is 1. The van der Waals surface area contributed by atoms with Crippen molar-refractivity contribution in [3.8, 4) is 11.5 Å². The maximum atomic E-state index is 13.5. The summed E-state index contributed by atoms with van der Waals surface area (Å²) in [5, 5.41) is 11.0. The molecule has 0 radical (unpaired) electrons. The number of anilines is 1. The van der Waals surface area contributed by atoms with Crippen molar-refractivity contribution in [2.75, 3.05) is 11.9 Å². The van der Waals surface area contributed by atoms with Crippen LogP contribution in [-0.2, 0) is 32.1 Å². The van der Waals surface area contributed by atoms with Gasteiger partial charge in [0.2, 0.25) is 0 Å². The molecule has 7 nitrogen and oxygen atoms in total. The number of halogens is 4. The van der Waals surface area contributed by atoms with Crippen molar-refractivity contribution in [1.29, 1.82) is 0 Å². The van der Waals surface area contributed by atoms with Crippen LogP contribution in [0.1, 0.15) is 22.4 Å². The van der Waals surface area contributed by atoms with Gasteiger partial charge in [-0.2, -0.15) is 18.3 Å². The molecule has 0 spiro atoms. The average molecular weight is 447 g/mol. The Kier molecular flexibility index (Phi) is 4.57. The highest BCUT2D eigenvalue weighted by Crippen LogP contribution is 2.37. The molecule has 1 aromatic carbocycles. The number of hydrogen-bond donors (Lipinski definition) is 1. The first-order chi connectivity index (χ1) is 15.2. The number of carbonyl (C=O) groups excluding carboxylic acids is 1. The van der Waals surface area contributed by atoms with Crippen molar-refractivity contribution in [3.63, 3.8) is 0 Å². The van der Waals surface area contributed by atoms with Crippen molar-refractivity contribution >= 4 is 11.7 Å². The molecule has 2 aromatic heterocycles. The monoisotopic (exact) mass is 447 g/mol. The van der Waals surface area contributed by atoms with E-state index in [0.29, 0.717) is 43.8 Å². The maximum absolute atomic E-state index is 13.5. The molecule has 2 aliphatic heterocycles. The number of fused-ring (bicyclic) bond motifs is 5. The van der Waals surface area contributed by atoms with Gasteiger partial charge < -0.3 is 14.7 Å². The Morgan fingerprint density at radius 1 is 1.25 bits per heavy atom. The third-order valence-electron chi connectivity index (χ3n) is 5.58. The molecule has 0 saturated carbocycles. The van der Waals surface area contributed by atoms with E-state index in [1.54, 1.807) is 10.9 Å². The van der Waals surface area contributed by atoms with Crippen LogP contribution in [0.25, 0.3) is 11.5 Å². The summed E-state index contributed by atoms with van der Waals surface area (Å²) in [6, 6.07) is 1.77. The minimum Gasteiger partial charge on any atom is -0.354 e. The van der Waals surface area contributed by atoms with Crippen molar-refractivity contribution in [3.05, 3.63) is 64.7 Å². The summed E-state index contributed by atoms with van der Waals surface area (Å²) < 4.78 is 59.7. The summed E-state index contributed by atoms with van der Waals surface area (Å²) in [7, 11) is 0. The first-order valence-corrected chi connectivity index (χ1v) is 9.82. The van der Waals surface area contributed by atoms with Crippen LogP contribution < -0.4 is 5.32 Å². The van der Waals surface area contributed by atoms with Crippen LogP contribution >= 0.6 is 0 Å². The van der Waals surface area contributed by atoms with Crippen LogP contribution in [0.4, 0.5) is 28.0 Å². The van der Waals surface area contributed by atoms with Gasteiger partial charge in [0.05, 0.1) is 30.5 Å². The second-order valence-electron chi connectivity index (χ2n) is 7.83. The zero-order valence-corrected chi connectivity index (χ0v) is 16.7. The van der Waals surface area contributed by atoms with E-state index in [9.17, 15) is 22.4 Å². The van der Waals surface area contributed by atoms with E-state index in [0.717, 1.165) is 34.2 Å². The summed E-state index contributed by atoms with van der Waals surface area (Å²) in [5.74, 6) is -0.821. The zero-order chi connectivity index (χ0) is 22.6. The van der Waals surface area contributed by atoms with Gasteiger partial charge in [0.1, 0.15) is 11.5 Å². The molecule has 4 heterocycles. The van der Waals surface area contributed by atoms with E-state index in [4.69, 9.17) is 4.52 Å². The SMILES string of the molecule is C=C1Cc2cnoc2-c2c3c(nn2C1)CCN(C(=O)Nc1ccc(F)c(C(F)(F)F)c1)C3. The molecule has 32 heavy (non-hydrogen) atoms. The number of hydrogen-bond acceptors (Lipinski definition) is 4. The highest BCUT2D eigenvalue weighted by molar-refractivity contribution is 5.89. The van der Waals surface area contributed by atoms with Crippen LogP contribution in [0.5, 0.6) is 0 Å². The van der Waals surface area contributed by atoms with Crippen molar-refractivity contribution < 1.29 is 26.9 Å². The largest absolute Gasteiger partial charge is 0.419 e. The van der Waals surface area contributed by atoms with Gasteiger partial charge in [-0.1, -0.05) is 17.3 Å². The molecule has 1 N–H and O–H groups in total. The molecule has 2 amide bonds. The second-order valence-corrected chi connectivity index (χ2v) is 7.83. The number of urea groups is 1. The smallest absolute Gasteiger partial charge is 0.354 e. The van der Waals surface area contributed by atoms with Crippen LogP contribution in [0.15, 0.2) is 41.1 Å². The van der Waals surface area contributed by atoms with Crippen LogP contribution in [0.2, 0.25) is 0 Å². The molecular formula is C21H17F4N5O2. The summed E-state index contributed by atoms with van der Waals surface area (Å²) in [4.78, 5) is 14.3. The van der Waals surface area contributed by atoms with E-state index < -0.39 is 23.6 Å². The highest BCUT2D eigenvalue weighted by Gasteiger charge is 2.35. The van der Waals surface area contributed by atoms with E-state index >= 15 is 0 Å². The molecule has 5 rings (SSSR count). The fraction of sp³-hybridized carbons (Fsp3) is 0.286. The lowest BCUT2D eigenvalue weighted by Crippen LogP contribution is -2.38. The first-order valence-electron chi connectivity index (χ1n) is 9.82. The lowest BCUT2D eigenvalue weighted by Gasteiger charge is -2.27. The number of amides is 2. The predicted octanol–water partition coefficient (Wildman–Crippen LogP) is 4.40. The fourth-order valence-electron chi connectivity index (χ4n) is 4.11. The van der Waals surface area contributed by atoms with E-state index in [1.165, 1.54) is 4.90 Å². The molecule has 3 aromatic rings. The Morgan fingerprint density at radius 2 is 2.06 bits per heavy atom. The van der Waals surface area contributed by atoms with Crippen molar-refractivity contribution in [2.24, 2.45) is 0 Å². The Hall–Kier alpha value is -3.63. The number of alkyl halides is 3. The average Bonchev–Trinajstić information content (AvgIpc) is 3.28. The minimum absolute atomic E-state index is 0.142. The Bertz CT molecular complexity index is 1240. The molecular weight excluding hydrogens is 430 g/mol. The third-order valence-corrected chi connectivity index (χ3v) is 5.58. The topological polar surface area (TPSA) is 76.2 Å². The van der Waals surface area contributed by atoms with Gasteiger partial charge >= 0.3 is 12.2 Å². The molecule has 0 fully saturated rings. The minimum atomic E-state index is -4.86. The summed E-state index contributed by atoms with van der Waals surface area (Å²) >= 11 is 0. The van der Waals surface area contributed by atoms with Crippen LogP contribution in [-0.4, -0.2) is 32.4 Å². The van der Waals surface area contributed by atoms with Gasteiger partial charge in [0.25, 0.3) is 0 Å². The Balaban J connectivity index is 1.42. The second kappa shape index (κ2) is 7.21. The molecule has 0 bridgehead atoms. The number of rotatable bonds is 1. The lowest BCUT2D eigenvalue weighted by atomic mass is 10.0. The molecule has 11 heteroatoms. The van der Waals surface area contributed by atoms with E-state index in [-0.39, 0.29) is 12.2 Å². The first kappa shape index (κ1) is 20.3. The Labute approximate surface area is 179 Å². The molecule has 0 saturated heterocycles. The van der Waals surface area contributed by atoms with Crippen LogP contribution in [0.3, 0.4) is 0 Å². The number of benzene rings is 1. The lowest BCUT2D eigenvalue weighted by molar-refractivity contribution is -0.139. The number of carbonyl (C=O) groups is 1. The number of nitrogens with zero attached hydrogens (tertiary/aromatic N) is 4.